The van der Waals surface area contributed by atoms with Gasteiger partial charge in [-0.2, -0.15) is 5.10 Å². The first-order valence-corrected chi connectivity index (χ1v) is 9.62. The van der Waals surface area contributed by atoms with Gasteiger partial charge in [0.05, 0.1) is 16.8 Å². The lowest BCUT2D eigenvalue weighted by Crippen LogP contribution is -2.47. The second kappa shape index (κ2) is 7.16. The molecule has 0 aliphatic heterocycles. The van der Waals surface area contributed by atoms with E-state index in [0.29, 0.717) is 10.8 Å². The summed E-state index contributed by atoms with van der Waals surface area (Å²) in [4.78, 5) is 38.2. The van der Waals surface area contributed by atoms with Crippen LogP contribution in [-0.2, 0) is 10.2 Å². The third-order valence-electron chi connectivity index (χ3n) is 5.33. The normalized spacial score (nSPS) is 14.6. The Morgan fingerprint density at radius 1 is 0.966 bits per heavy atom. The van der Waals surface area contributed by atoms with Crippen LogP contribution >= 0.6 is 0 Å². The highest BCUT2D eigenvalue weighted by atomic mass is 16.2. The molecule has 1 fully saturated rings. The summed E-state index contributed by atoms with van der Waals surface area (Å²) < 4.78 is 1.28. The molecule has 29 heavy (non-hydrogen) atoms. The van der Waals surface area contributed by atoms with Crippen molar-refractivity contribution in [2.75, 3.05) is 0 Å². The van der Waals surface area contributed by atoms with Crippen molar-refractivity contribution in [3.05, 3.63) is 76.2 Å². The molecule has 0 bridgehead atoms. The van der Waals surface area contributed by atoms with E-state index in [1.54, 1.807) is 24.3 Å². The van der Waals surface area contributed by atoms with E-state index < -0.39 is 11.3 Å². The molecule has 7 heteroatoms. The van der Waals surface area contributed by atoms with E-state index in [9.17, 15) is 14.4 Å². The molecule has 0 atom stereocenters. The van der Waals surface area contributed by atoms with Crippen LogP contribution in [0.5, 0.6) is 0 Å². The topological polar surface area (TPSA) is 93.1 Å². The number of hydrazine groups is 1. The van der Waals surface area contributed by atoms with Crippen molar-refractivity contribution in [3.63, 3.8) is 0 Å². The van der Waals surface area contributed by atoms with Crippen molar-refractivity contribution in [2.45, 2.75) is 38.1 Å². The van der Waals surface area contributed by atoms with E-state index in [1.165, 1.54) is 4.68 Å². The Hall–Kier alpha value is -3.48. The molecular weight excluding hydrogens is 368 g/mol. The van der Waals surface area contributed by atoms with Gasteiger partial charge in [0.15, 0.2) is 5.69 Å². The summed E-state index contributed by atoms with van der Waals surface area (Å²) in [5, 5.41) is 5.12. The fourth-order valence-electron chi connectivity index (χ4n) is 3.55. The molecule has 1 aliphatic carbocycles. The van der Waals surface area contributed by atoms with Gasteiger partial charge in [-0.3, -0.25) is 25.2 Å². The Morgan fingerprint density at radius 3 is 2.21 bits per heavy atom. The molecule has 0 saturated heterocycles. The van der Waals surface area contributed by atoms with Crippen molar-refractivity contribution in [1.29, 1.82) is 0 Å². The van der Waals surface area contributed by atoms with E-state index in [0.717, 1.165) is 18.4 Å². The first-order valence-electron chi connectivity index (χ1n) is 9.62. The van der Waals surface area contributed by atoms with Crippen molar-refractivity contribution >= 4 is 22.6 Å². The number of hydrogen-bond acceptors (Lipinski definition) is 4. The zero-order chi connectivity index (χ0) is 20.6. The smallest absolute Gasteiger partial charge is 0.272 e. The van der Waals surface area contributed by atoms with Gasteiger partial charge in [-0.05, 0) is 38.3 Å². The first kappa shape index (κ1) is 18.9. The predicted molar refractivity (Wildman–Crippen MR) is 109 cm³/mol. The van der Waals surface area contributed by atoms with Crippen molar-refractivity contribution in [2.24, 2.45) is 0 Å². The summed E-state index contributed by atoms with van der Waals surface area (Å²) in [7, 11) is 0. The number of benzene rings is 2. The fraction of sp³-hybridized carbons (Fsp3) is 0.273. The zero-order valence-electron chi connectivity index (χ0n) is 16.3. The minimum atomic E-state index is -0.596. The average Bonchev–Trinajstić information content (AvgIpc) is 3.55. The summed E-state index contributed by atoms with van der Waals surface area (Å²) in [6, 6.07) is 16.2. The van der Waals surface area contributed by atoms with Crippen LogP contribution in [0.1, 0.15) is 48.8 Å². The van der Waals surface area contributed by atoms with E-state index in [2.05, 4.69) is 16.0 Å². The Bertz CT molecular complexity index is 1150. The lowest BCUT2D eigenvalue weighted by atomic mass is 9.95. The van der Waals surface area contributed by atoms with Gasteiger partial charge < -0.3 is 0 Å². The molecule has 0 radical (unpaired) electrons. The number of carbonyl (C=O) groups is 2. The Kier molecular flexibility index (Phi) is 4.66. The van der Waals surface area contributed by atoms with E-state index in [4.69, 9.17) is 0 Å². The number of hydrogen-bond donors (Lipinski definition) is 2. The monoisotopic (exact) mass is 390 g/mol. The number of nitrogens with one attached hydrogen (secondary N) is 2. The highest BCUT2D eigenvalue weighted by molar-refractivity contribution is 6.05. The molecule has 1 aliphatic rings. The van der Waals surface area contributed by atoms with Gasteiger partial charge in [-0.15, -0.1) is 0 Å². The molecule has 4 rings (SSSR count). The van der Waals surface area contributed by atoms with Gasteiger partial charge in [0.2, 0.25) is 5.91 Å². The highest BCUT2D eigenvalue weighted by Gasteiger charge is 2.51. The number of amides is 2. The van der Waals surface area contributed by atoms with Crippen molar-refractivity contribution < 1.29 is 9.59 Å². The predicted octanol–water partition coefficient (Wildman–Crippen LogP) is 2.47. The first-order chi connectivity index (χ1) is 13.9. The minimum absolute atomic E-state index is 0.0961. The van der Waals surface area contributed by atoms with Crippen LogP contribution in [-0.4, -0.2) is 21.6 Å². The quantitative estimate of drug-likeness (QED) is 0.670. The molecule has 3 aromatic rings. The number of nitrogens with zero attached hydrogens (tertiary/aromatic N) is 2. The standard InChI is InChI=1S/C22H22N4O3/c1-14(2)26-20(28)17-11-7-6-10-16(17)18(25-26)19(27)23-24-21(29)22(12-13-22)15-8-4-3-5-9-15/h3-11,14H,12-13H2,1-2H3,(H,23,27)(H,24,29). The fourth-order valence-corrected chi connectivity index (χ4v) is 3.55. The molecule has 2 amide bonds. The second-order valence-corrected chi connectivity index (χ2v) is 7.59. The molecule has 148 valence electrons. The molecule has 1 heterocycles. The minimum Gasteiger partial charge on any atom is -0.272 e. The molecule has 7 nitrogen and oxygen atoms in total. The van der Waals surface area contributed by atoms with Gasteiger partial charge in [0, 0.05) is 5.39 Å². The Labute approximate surface area is 167 Å². The second-order valence-electron chi connectivity index (χ2n) is 7.59. The van der Waals surface area contributed by atoms with Gasteiger partial charge in [0.1, 0.15) is 0 Å². The third kappa shape index (κ3) is 3.29. The number of fused-ring (bicyclic) bond motifs is 1. The van der Waals surface area contributed by atoms with Crippen LogP contribution in [0.15, 0.2) is 59.4 Å². The third-order valence-corrected chi connectivity index (χ3v) is 5.33. The molecular formula is C22H22N4O3. The van der Waals surface area contributed by atoms with Crippen molar-refractivity contribution in [3.8, 4) is 0 Å². The van der Waals surface area contributed by atoms with Crippen LogP contribution in [0.2, 0.25) is 0 Å². The summed E-state index contributed by atoms with van der Waals surface area (Å²) in [5.41, 5.74) is 5.20. The largest absolute Gasteiger partial charge is 0.290 e. The summed E-state index contributed by atoms with van der Waals surface area (Å²) >= 11 is 0. The molecule has 1 saturated carbocycles. The molecule has 2 N–H and O–H groups in total. The average molecular weight is 390 g/mol. The zero-order valence-corrected chi connectivity index (χ0v) is 16.3. The Morgan fingerprint density at radius 2 is 1.59 bits per heavy atom. The van der Waals surface area contributed by atoms with Gasteiger partial charge in [-0.25, -0.2) is 4.68 Å². The number of carbonyl (C=O) groups excluding carboxylic acids is 2. The van der Waals surface area contributed by atoms with E-state index in [1.807, 2.05) is 44.2 Å². The number of rotatable bonds is 4. The molecule has 2 aromatic carbocycles. The van der Waals surface area contributed by atoms with E-state index in [-0.39, 0.29) is 23.2 Å². The maximum Gasteiger partial charge on any atom is 0.290 e. The van der Waals surface area contributed by atoms with Crippen LogP contribution in [0.4, 0.5) is 0 Å². The lowest BCUT2D eigenvalue weighted by Gasteiger charge is -2.17. The summed E-state index contributed by atoms with van der Waals surface area (Å²) in [6.45, 7) is 3.65. The van der Waals surface area contributed by atoms with Crippen LogP contribution in [0.25, 0.3) is 10.8 Å². The van der Waals surface area contributed by atoms with E-state index >= 15 is 0 Å². The number of aromatic nitrogens is 2. The highest BCUT2D eigenvalue weighted by Crippen LogP contribution is 2.48. The molecule has 1 aromatic heterocycles. The van der Waals surface area contributed by atoms with Gasteiger partial charge in [0.25, 0.3) is 11.5 Å². The molecule has 0 unspecified atom stereocenters. The SMILES string of the molecule is CC(C)n1nc(C(=O)NNC(=O)C2(c3ccccc3)CC2)c2ccccc2c1=O. The van der Waals surface area contributed by atoms with Gasteiger partial charge >= 0.3 is 0 Å². The van der Waals surface area contributed by atoms with Gasteiger partial charge in [-0.1, -0.05) is 48.5 Å². The summed E-state index contributed by atoms with van der Waals surface area (Å²) in [5.74, 6) is -0.814. The molecule has 0 spiro atoms. The lowest BCUT2D eigenvalue weighted by molar-refractivity contribution is -0.124. The maximum absolute atomic E-state index is 12.8. The van der Waals surface area contributed by atoms with Crippen LogP contribution in [0, 0.1) is 0 Å². The Balaban J connectivity index is 1.60. The maximum atomic E-state index is 12.8. The van der Waals surface area contributed by atoms with Crippen LogP contribution < -0.4 is 16.4 Å². The summed E-state index contributed by atoms with van der Waals surface area (Å²) in [6.07, 6.45) is 1.47. The van der Waals surface area contributed by atoms with Crippen LogP contribution in [0.3, 0.4) is 0 Å². The van der Waals surface area contributed by atoms with Crippen molar-refractivity contribution in [1.82, 2.24) is 20.6 Å².